The smallest absolute Gasteiger partial charge is 0.159 e. The number of hydrogen-bond acceptors (Lipinski definition) is 6. The molecule has 0 spiro atoms. The number of nitrogens with zero attached hydrogens (tertiary/aromatic N) is 4. The first-order chi connectivity index (χ1) is 33.3. The number of hydrogen-bond donors (Lipinski definition) is 1. The number of aryl methyl sites for hydroxylation is 1. The summed E-state index contributed by atoms with van der Waals surface area (Å²) >= 11 is 0. The molecule has 0 atom stereocenters. The summed E-state index contributed by atoms with van der Waals surface area (Å²) in [4.78, 5) is 22.2. The molecule has 6 nitrogen and oxygen atoms in total. The molecule has 8 aromatic carbocycles. The van der Waals surface area contributed by atoms with Gasteiger partial charge in [0.2, 0.25) is 0 Å². The average molecular weight is 883 g/mol. The highest BCUT2D eigenvalue weighted by atomic mass is 16.3. The highest BCUT2D eigenvalue weighted by Gasteiger charge is 2.33. The van der Waals surface area contributed by atoms with Crippen LogP contribution in [-0.4, -0.2) is 48.1 Å². The quantitative estimate of drug-likeness (QED) is 0.115. The predicted molar refractivity (Wildman–Crippen MR) is 280 cm³/mol. The molecule has 0 aromatic heterocycles. The van der Waals surface area contributed by atoms with Crippen LogP contribution in [-0.2, 0) is 11.2 Å². The second-order valence-electron chi connectivity index (χ2n) is 18.5. The average Bonchev–Trinajstić information content (AvgIpc) is 3.98. The van der Waals surface area contributed by atoms with Crippen LogP contribution in [0.1, 0.15) is 30.0 Å². The second kappa shape index (κ2) is 16.5. The number of aliphatic hydroxyl groups is 1. The van der Waals surface area contributed by atoms with Crippen molar-refractivity contribution in [3.63, 3.8) is 0 Å². The van der Waals surface area contributed by atoms with Crippen LogP contribution in [0.25, 0.3) is 89.3 Å². The van der Waals surface area contributed by atoms with Crippen molar-refractivity contribution in [2.24, 2.45) is 0 Å². The Morgan fingerprint density at radius 1 is 0.456 bits per heavy atom. The van der Waals surface area contributed by atoms with Gasteiger partial charge >= 0.3 is 0 Å². The molecule has 0 amide bonds. The van der Waals surface area contributed by atoms with Gasteiger partial charge in [0.05, 0.1) is 41.9 Å². The lowest BCUT2D eigenvalue weighted by atomic mass is 9.85. The number of rotatable bonds is 9. The lowest BCUT2D eigenvalue weighted by Crippen LogP contribution is -2.26. The van der Waals surface area contributed by atoms with Crippen LogP contribution in [0.3, 0.4) is 0 Å². The Bertz CT molecular complexity index is 3280. The maximum absolute atomic E-state index is 12.9. The number of benzene rings is 8. The van der Waals surface area contributed by atoms with E-state index in [1.807, 2.05) is 6.07 Å². The topological polar surface area (TPSA) is 50.3 Å². The van der Waals surface area contributed by atoms with Gasteiger partial charge in [0, 0.05) is 61.2 Å². The van der Waals surface area contributed by atoms with Crippen molar-refractivity contribution in [1.82, 2.24) is 9.80 Å². The number of ketones is 1. The molecule has 6 heteroatoms. The highest BCUT2D eigenvalue weighted by Crippen LogP contribution is 2.50. The summed E-state index contributed by atoms with van der Waals surface area (Å²) in [6.45, 7) is 3.16. The standard InChI is InChI=1S/C62H50N4O2/c1-40(67)30-47(68)27-24-41-14-4-5-15-48(41)44-31-45(51-18-8-6-16-49(51)42-25-28-59-57(34-42)53-20-10-12-22-55(53)61-36-63(2)38-65(59)61)33-46(32-44)52-19-9-7-17-50(52)43-26-29-60-58(35-43)54-21-11-13-23-56(54)62-37-64(3)39-66(60)62/h4-23,25-26,28-37,67H,24,27,38-39H2,1-3H3. The van der Waals surface area contributed by atoms with Crippen molar-refractivity contribution in [3.05, 3.63) is 217 Å². The van der Waals surface area contributed by atoms with Crippen molar-refractivity contribution in [1.29, 1.82) is 0 Å². The molecule has 0 radical (unpaired) electrons. The van der Waals surface area contributed by atoms with E-state index in [9.17, 15) is 9.90 Å². The van der Waals surface area contributed by atoms with Crippen LogP contribution in [0.15, 0.2) is 200 Å². The largest absolute Gasteiger partial charge is 0.512 e. The van der Waals surface area contributed by atoms with Crippen LogP contribution in [0.5, 0.6) is 0 Å². The Morgan fingerprint density at radius 3 is 1.29 bits per heavy atom. The zero-order valence-corrected chi connectivity index (χ0v) is 38.4. The summed E-state index contributed by atoms with van der Waals surface area (Å²) < 4.78 is 0. The Kier molecular flexibility index (Phi) is 9.98. The summed E-state index contributed by atoms with van der Waals surface area (Å²) in [6.07, 6.45) is 6.67. The Labute approximate surface area is 398 Å². The molecule has 4 heterocycles. The third-order valence-corrected chi connectivity index (χ3v) is 13.9. The van der Waals surface area contributed by atoms with E-state index in [0.717, 1.165) is 74.5 Å². The van der Waals surface area contributed by atoms with E-state index in [0.29, 0.717) is 12.8 Å². The first-order valence-corrected chi connectivity index (χ1v) is 23.5. The van der Waals surface area contributed by atoms with Crippen LogP contribution in [0.4, 0.5) is 11.4 Å². The van der Waals surface area contributed by atoms with E-state index in [4.69, 9.17) is 0 Å². The fourth-order valence-electron chi connectivity index (χ4n) is 10.9. The normalized spacial score (nSPS) is 14.4. The minimum atomic E-state index is -0.0922. The lowest BCUT2D eigenvalue weighted by Gasteiger charge is -2.32. The van der Waals surface area contributed by atoms with Gasteiger partial charge in [-0.05, 0) is 128 Å². The molecule has 1 N–H and O–H groups in total. The van der Waals surface area contributed by atoms with E-state index >= 15 is 0 Å². The van der Waals surface area contributed by atoms with Gasteiger partial charge in [-0.3, -0.25) is 4.79 Å². The number of allylic oxidation sites excluding steroid dienone is 2. The predicted octanol–water partition coefficient (Wildman–Crippen LogP) is 14.4. The Balaban J connectivity index is 1.02. The van der Waals surface area contributed by atoms with Crippen LogP contribution in [0, 0.1) is 0 Å². The first-order valence-electron chi connectivity index (χ1n) is 23.5. The number of anilines is 2. The maximum Gasteiger partial charge on any atom is 0.159 e. The fraction of sp³-hybridized carbons (Fsp3) is 0.113. The highest BCUT2D eigenvalue weighted by molar-refractivity contribution is 6.03. The Morgan fingerprint density at radius 2 is 0.838 bits per heavy atom. The molecule has 0 saturated heterocycles. The monoisotopic (exact) mass is 882 g/mol. The molecule has 68 heavy (non-hydrogen) atoms. The molecule has 0 bridgehead atoms. The van der Waals surface area contributed by atoms with Gasteiger partial charge in [-0.25, -0.2) is 0 Å². The molecule has 330 valence electrons. The number of aliphatic hydroxyl groups excluding tert-OH is 1. The van der Waals surface area contributed by atoms with Gasteiger partial charge in [0.1, 0.15) is 0 Å². The van der Waals surface area contributed by atoms with E-state index < -0.39 is 0 Å². The van der Waals surface area contributed by atoms with Crippen molar-refractivity contribution in [2.45, 2.75) is 19.8 Å². The maximum atomic E-state index is 12.9. The molecule has 0 unspecified atom stereocenters. The van der Waals surface area contributed by atoms with E-state index in [-0.39, 0.29) is 11.5 Å². The van der Waals surface area contributed by atoms with Gasteiger partial charge in [-0.15, -0.1) is 0 Å². The minimum absolute atomic E-state index is 0.0275. The summed E-state index contributed by atoms with van der Waals surface area (Å²) in [7, 11) is 4.27. The zero-order chi connectivity index (χ0) is 46.0. The molecular formula is C62H50N4O2. The molecule has 4 aliphatic heterocycles. The number of fused-ring (bicyclic) bond motifs is 12. The Hall–Kier alpha value is -8.35. The third kappa shape index (κ3) is 7.08. The van der Waals surface area contributed by atoms with Gasteiger partial charge in [0.25, 0.3) is 0 Å². The molecule has 0 fully saturated rings. The molecule has 0 saturated carbocycles. The second-order valence-corrected chi connectivity index (χ2v) is 18.5. The van der Waals surface area contributed by atoms with E-state index in [1.54, 1.807) is 6.92 Å². The van der Waals surface area contributed by atoms with Crippen molar-refractivity contribution in [2.75, 3.05) is 37.2 Å². The van der Waals surface area contributed by atoms with E-state index in [2.05, 4.69) is 216 Å². The number of carbonyl (C=O) groups excluding carboxylic acids is 1. The van der Waals surface area contributed by atoms with Crippen molar-refractivity contribution in [3.8, 4) is 77.9 Å². The lowest BCUT2D eigenvalue weighted by molar-refractivity contribution is -0.114. The van der Waals surface area contributed by atoms with Crippen LogP contribution in [0.2, 0.25) is 0 Å². The molecular weight excluding hydrogens is 833 g/mol. The van der Waals surface area contributed by atoms with Crippen molar-refractivity contribution < 1.29 is 9.90 Å². The summed E-state index contributed by atoms with van der Waals surface area (Å²) in [5, 5.41) is 9.86. The van der Waals surface area contributed by atoms with Crippen LogP contribution >= 0.6 is 0 Å². The van der Waals surface area contributed by atoms with E-state index in [1.165, 1.54) is 62.2 Å². The molecule has 0 aliphatic carbocycles. The summed E-state index contributed by atoms with van der Waals surface area (Å²) in [5.74, 6) is -0.0647. The van der Waals surface area contributed by atoms with Gasteiger partial charge in [-0.2, -0.15) is 0 Å². The number of carbonyl (C=O) groups is 1. The third-order valence-electron chi connectivity index (χ3n) is 13.9. The SMILES string of the molecule is CC(O)=CC(=O)CCc1ccccc1-c1cc(-c2ccccc2-c2ccc3c(c2)-c2ccccc2C2=CN(C)CN23)cc(-c2ccccc2-c2ccc3c(c2)-c2ccccc2C2=CN(C)CN23)c1. The van der Waals surface area contributed by atoms with Gasteiger partial charge < -0.3 is 24.7 Å². The minimum Gasteiger partial charge on any atom is -0.512 e. The van der Waals surface area contributed by atoms with Crippen molar-refractivity contribution >= 4 is 28.6 Å². The van der Waals surface area contributed by atoms with Gasteiger partial charge in [-0.1, -0.05) is 133 Å². The summed E-state index contributed by atoms with van der Waals surface area (Å²) in [6, 6.07) is 64.5. The first kappa shape index (κ1) is 41.1. The van der Waals surface area contributed by atoms with Crippen LogP contribution < -0.4 is 9.80 Å². The molecule has 4 aliphatic rings. The summed E-state index contributed by atoms with van der Waals surface area (Å²) in [5.41, 5.74) is 24.7. The fourth-order valence-corrected chi connectivity index (χ4v) is 10.9. The van der Waals surface area contributed by atoms with Gasteiger partial charge in [0.15, 0.2) is 5.78 Å². The molecule has 8 aromatic rings. The zero-order valence-electron chi connectivity index (χ0n) is 38.4. The molecule has 12 rings (SSSR count).